The summed E-state index contributed by atoms with van der Waals surface area (Å²) in [6, 6.07) is 3.86. The number of ether oxygens (including phenoxy) is 1. The van der Waals surface area contributed by atoms with E-state index in [1.807, 2.05) is 12.1 Å². The summed E-state index contributed by atoms with van der Waals surface area (Å²) in [5.41, 5.74) is 0.335. The Hall–Kier alpha value is -1.36. The SMILES string of the molecule is COc1ccc(N2CCC3(CCCN3)C2)nn1. The van der Waals surface area contributed by atoms with E-state index in [0.717, 1.165) is 25.5 Å². The second-order valence-electron chi connectivity index (χ2n) is 4.92. The number of aromatic nitrogens is 2. The van der Waals surface area contributed by atoms with Gasteiger partial charge in [0.1, 0.15) is 0 Å². The molecule has 0 aliphatic carbocycles. The maximum absolute atomic E-state index is 5.02. The molecule has 1 aromatic rings. The van der Waals surface area contributed by atoms with Crippen LogP contribution in [0, 0.1) is 0 Å². The lowest BCUT2D eigenvalue weighted by molar-refractivity contribution is 0.392. The van der Waals surface area contributed by atoms with Gasteiger partial charge >= 0.3 is 0 Å². The molecule has 0 aromatic carbocycles. The largest absolute Gasteiger partial charge is 0.480 e. The van der Waals surface area contributed by atoms with Crippen LogP contribution in [0.15, 0.2) is 12.1 Å². The van der Waals surface area contributed by atoms with Crippen LogP contribution >= 0.6 is 0 Å². The van der Waals surface area contributed by atoms with Crippen molar-refractivity contribution in [2.75, 3.05) is 31.6 Å². The highest BCUT2D eigenvalue weighted by molar-refractivity contribution is 5.41. The molecule has 5 nitrogen and oxygen atoms in total. The maximum Gasteiger partial charge on any atom is 0.233 e. The third kappa shape index (κ3) is 1.95. The average molecular weight is 234 g/mol. The van der Waals surface area contributed by atoms with Gasteiger partial charge in [-0.25, -0.2) is 0 Å². The third-order valence-corrected chi connectivity index (χ3v) is 3.85. The van der Waals surface area contributed by atoms with E-state index in [1.165, 1.54) is 19.3 Å². The van der Waals surface area contributed by atoms with E-state index in [-0.39, 0.29) is 0 Å². The van der Waals surface area contributed by atoms with Gasteiger partial charge in [-0.2, -0.15) is 0 Å². The predicted molar refractivity (Wildman–Crippen MR) is 65.4 cm³/mol. The summed E-state index contributed by atoms with van der Waals surface area (Å²) in [6.07, 6.45) is 3.79. The topological polar surface area (TPSA) is 50.3 Å². The molecule has 1 N–H and O–H groups in total. The zero-order chi connectivity index (χ0) is 11.7. The molecule has 3 rings (SSSR count). The highest BCUT2D eigenvalue weighted by Crippen LogP contribution is 2.32. The van der Waals surface area contributed by atoms with Crippen molar-refractivity contribution in [1.82, 2.24) is 15.5 Å². The maximum atomic E-state index is 5.02. The minimum Gasteiger partial charge on any atom is -0.480 e. The fourth-order valence-electron chi connectivity index (χ4n) is 2.88. The van der Waals surface area contributed by atoms with Crippen molar-refractivity contribution >= 4 is 5.82 Å². The van der Waals surface area contributed by atoms with E-state index in [9.17, 15) is 0 Å². The molecule has 1 spiro atoms. The van der Waals surface area contributed by atoms with Gasteiger partial charge in [-0.3, -0.25) is 0 Å². The van der Waals surface area contributed by atoms with Gasteiger partial charge in [-0.05, 0) is 31.9 Å². The second-order valence-corrected chi connectivity index (χ2v) is 4.92. The summed E-state index contributed by atoms with van der Waals surface area (Å²) in [7, 11) is 1.61. The molecule has 17 heavy (non-hydrogen) atoms. The summed E-state index contributed by atoms with van der Waals surface area (Å²) >= 11 is 0. The van der Waals surface area contributed by atoms with Crippen molar-refractivity contribution in [1.29, 1.82) is 0 Å². The molecule has 1 atom stereocenters. The number of rotatable bonds is 2. The number of anilines is 1. The smallest absolute Gasteiger partial charge is 0.233 e. The van der Waals surface area contributed by atoms with Crippen LogP contribution in [-0.4, -0.2) is 42.5 Å². The van der Waals surface area contributed by atoms with Crippen LogP contribution in [-0.2, 0) is 0 Å². The van der Waals surface area contributed by atoms with Gasteiger partial charge in [0.05, 0.1) is 7.11 Å². The van der Waals surface area contributed by atoms with Crippen LogP contribution in [0.4, 0.5) is 5.82 Å². The second kappa shape index (κ2) is 4.14. The number of methoxy groups -OCH3 is 1. The highest BCUT2D eigenvalue weighted by Gasteiger charge is 2.40. The first-order chi connectivity index (χ1) is 8.31. The Kier molecular flexibility index (Phi) is 2.63. The molecule has 1 unspecified atom stereocenters. The van der Waals surface area contributed by atoms with E-state index in [2.05, 4.69) is 20.4 Å². The van der Waals surface area contributed by atoms with Gasteiger partial charge < -0.3 is 15.0 Å². The van der Waals surface area contributed by atoms with Crippen molar-refractivity contribution in [2.24, 2.45) is 0 Å². The van der Waals surface area contributed by atoms with Gasteiger partial charge in [-0.1, -0.05) is 0 Å². The van der Waals surface area contributed by atoms with Crippen molar-refractivity contribution in [3.63, 3.8) is 0 Å². The molecular formula is C12H18N4O. The van der Waals surface area contributed by atoms with Crippen LogP contribution < -0.4 is 15.0 Å². The van der Waals surface area contributed by atoms with Crippen molar-refractivity contribution in [3.05, 3.63) is 12.1 Å². The lowest BCUT2D eigenvalue weighted by Gasteiger charge is -2.24. The Morgan fingerprint density at radius 1 is 1.35 bits per heavy atom. The summed E-state index contributed by atoms with van der Waals surface area (Å²) in [4.78, 5) is 2.31. The first-order valence-corrected chi connectivity index (χ1v) is 6.19. The third-order valence-electron chi connectivity index (χ3n) is 3.85. The van der Waals surface area contributed by atoms with Crippen LogP contribution in [0.5, 0.6) is 5.88 Å². The van der Waals surface area contributed by atoms with Gasteiger partial charge in [0.25, 0.3) is 0 Å². The fraction of sp³-hybridized carbons (Fsp3) is 0.667. The molecular weight excluding hydrogens is 216 g/mol. The molecule has 5 heteroatoms. The van der Waals surface area contributed by atoms with Gasteiger partial charge in [0, 0.05) is 24.7 Å². The molecule has 0 saturated carbocycles. The number of hydrogen-bond donors (Lipinski definition) is 1. The van der Waals surface area contributed by atoms with Crippen LogP contribution in [0.2, 0.25) is 0 Å². The Morgan fingerprint density at radius 2 is 2.29 bits per heavy atom. The lowest BCUT2D eigenvalue weighted by atomic mass is 9.97. The minimum atomic E-state index is 0.335. The zero-order valence-corrected chi connectivity index (χ0v) is 10.1. The molecule has 92 valence electrons. The van der Waals surface area contributed by atoms with E-state index >= 15 is 0 Å². The Balaban J connectivity index is 1.72. The number of nitrogens with one attached hydrogen (secondary N) is 1. The molecule has 3 heterocycles. The molecule has 1 aromatic heterocycles. The monoisotopic (exact) mass is 234 g/mol. The van der Waals surface area contributed by atoms with Gasteiger partial charge in [0.2, 0.25) is 5.88 Å². The molecule has 2 aliphatic rings. The molecule has 2 fully saturated rings. The van der Waals surface area contributed by atoms with Crippen molar-refractivity contribution in [3.8, 4) is 5.88 Å². The Labute approximate surface area is 101 Å². The normalized spacial score (nSPS) is 27.9. The fourth-order valence-corrected chi connectivity index (χ4v) is 2.88. The summed E-state index contributed by atoms with van der Waals surface area (Å²) in [5.74, 6) is 1.53. The van der Waals surface area contributed by atoms with Crippen LogP contribution in [0.3, 0.4) is 0 Å². The standard InChI is InChI=1S/C12H18N4O/c1-17-11-4-3-10(14-15-11)16-8-6-12(9-16)5-2-7-13-12/h3-4,13H,2,5-9H2,1H3. The first kappa shape index (κ1) is 10.8. The Morgan fingerprint density at radius 3 is 2.94 bits per heavy atom. The van der Waals surface area contributed by atoms with E-state index in [1.54, 1.807) is 7.11 Å². The molecule has 0 radical (unpaired) electrons. The van der Waals surface area contributed by atoms with E-state index < -0.39 is 0 Å². The molecule has 2 saturated heterocycles. The highest BCUT2D eigenvalue weighted by atomic mass is 16.5. The van der Waals surface area contributed by atoms with Gasteiger partial charge in [0.15, 0.2) is 5.82 Å². The van der Waals surface area contributed by atoms with E-state index in [4.69, 9.17) is 4.74 Å². The quantitative estimate of drug-likeness (QED) is 0.821. The lowest BCUT2D eigenvalue weighted by Crippen LogP contribution is -2.42. The van der Waals surface area contributed by atoms with Crippen LogP contribution in [0.1, 0.15) is 19.3 Å². The molecule has 2 aliphatic heterocycles. The minimum absolute atomic E-state index is 0.335. The van der Waals surface area contributed by atoms with Gasteiger partial charge in [-0.15, -0.1) is 10.2 Å². The molecule has 0 amide bonds. The zero-order valence-electron chi connectivity index (χ0n) is 10.1. The van der Waals surface area contributed by atoms with Crippen molar-refractivity contribution in [2.45, 2.75) is 24.8 Å². The predicted octanol–water partition coefficient (Wildman–Crippen LogP) is 0.817. The summed E-state index contributed by atoms with van der Waals surface area (Å²) in [5, 5.41) is 11.9. The van der Waals surface area contributed by atoms with Crippen molar-refractivity contribution < 1.29 is 4.74 Å². The first-order valence-electron chi connectivity index (χ1n) is 6.19. The number of hydrogen-bond acceptors (Lipinski definition) is 5. The Bertz CT molecular complexity index is 386. The average Bonchev–Trinajstić information content (AvgIpc) is 3.01. The summed E-state index contributed by atoms with van der Waals surface area (Å²) in [6.45, 7) is 3.27. The van der Waals surface area contributed by atoms with Crippen LogP contribution in [0.25, 0.3) is 0 Å². The number of nitrogens with zero attached hydrogens (tertiary/aromatic N) is 3. The molecule has 0 bridgehead atoms. The summed E-state index contributed by atoms with van der Waals surface area (Å²) < 4.78 is 5.02. The van der Waals surface area contributed by atoms with E-state index in [0.29, 0.717) is 11.4 Å².